The summed E-state index contributed by atoms with van der Waals surface area (Å²) in [6.07, 6.45) is 8.76. The highest BCUT2D eigenvalue weighted by atomic mass is 16.5. The smallest absolute Gasteiger partial charge is 0.0675 e. The van der Waals surface area contributed by atoms with Crippen LogP contribution in [0.5, 0.6) is 0 Å². The highest BCUT2D eigenvalue weighted by Gasteiger charge is 2.56. The van der Waals surface area contributed by atoms with E-state index in [1.807, 2.05) is 7.11 Å². The molecule has 4 saturated carbocycles. The second-order valence-corrected chi connectivity index (χ2v) is 18.5. The first-order valence-corrected chi connectivity index (χ1v) is 18.5. The van der Waals surface area contributed by atoms with Gasteiger partial charge in [0, 0.05) is 13.0 Å². The molecule has 1 heteroatoms. The van der Waals surface area contributed by atoms with Crippen molar-refractivity contribution in [2.75, 3.05) is 7.11 Å². The van der Waals surface area contributed by atoms with Crippen molar-refractivity contribution in [3.8, 4) is 0 Å². The molecule has 44 heavy (non-hydrogen) atoms. The van der Waals surface area contributed by atoms with Gasteiger partial charge in [0.15, 0.2) is 0 Å². The van der Waals surface area contributed by atoms with Gasteiger partial charge in [0.25, 0.3) is 0 Å². The fraction of sp³-hybridized carbons (Fsp3) is 0.721. The third kappa shape index (κ3) is 5.98. The van der Waals surface area contributed by atoms with Crippen LogP contribution in [0.1, 0.15) is 129 Å². The van der Waals surface area contributed by atoms with Gasteiger partial charge in [-0.2, -0.15) is 0 Å². The number of hydrogen-bond acceptors (Lipinski definition) is 1. The Morgan fingerprint density at radius 3 is 1.80 bits per heavy atom. The molecule has 0 heterocycles. The summed E-state index contributed by atoms with van der Waals surface area (Å²) in [5, 5.41) is 0. The van der Waals surface area contributed by atoms with E-state index in [2.05, 4.69) is 117 Å². The number of fused-ring (bicyclic) bond motifs is 2. The zero-order valence-corrected chi connectivity index (χ0v) is 29.9. The maximum absolute atomic E-state index is 6.49. The second-order valence-electron chi connectivity index (χ2n) is 18.5. The topological polar surface area (TPSA) is 9.23 Å². The Morgan fingerprint density at radius 1 is 0.636 bits per heavy atom. The van der Waals surface area contributed by atoms with Crippen molar-refractivity contribution in [2.45, 2.75) is 124 Å². The van der Waals surface area contributed by atoms with Crippen LogP contribution in [-0.4, -0.2) is 13.2 Å². The summed E-state index contributed by atoms with van der Waals surface area (Å²) >= 11 is 0. The normalized spacial score (nSPS) is 40.9. The zero-order valence-electron chi connectivity index (χ0n) is 29.9. The maximum Gasteiger partial charge on any atom is 0.0675 e. The number of hydrogen-bond donors (Lipinski definition) is 0. The van der Waals surface area contributed by atoms with Gasteiger partial charge in [0.2, 0.25) is 0 Å². The minimum Gasteiger partial charge on any atom is -0.381 e. The molecule has 0 spiro atoms. The van der Waals surface area contributed by atoms with E-state index in [-0.39, 0.29) is 10.8 Å². The van der Waals surface area contributed by atoms with Crippen LogP contribution in [0.25, 0.3) is 0 Å². The molecule has 0 N–H and O–H groups in total. The number of rotatable bonds is 5. The lowest BCUT2D eigenvalue weighted by Crippen LogP contribution is -2.47. The molecule has 2 aromatic carbocycles. The number of ether oxygens (including phenoxy) is 1. The number of benzene rings is 2. The highest BCUT2D eigenvalue weighted by molar-refractivity contribution is 5.31. The monoisotopic (exact) mass is 596 g/mol. The van der Waals surface area contributed by atoms with Crippen LogP contribution in [0.4, 0.5) is 0 Å². The van der Waals surface area contributed by atoms with E-state index in [1.54, 1.807) is 5.56 Å². The van der Waals surface area contributed by atoms with Crippen molar-refractivity contribution in [3.63, 3.8) is 0 Å². The molecular formula is C43H64O. The lowest BCUT2D eigenvalue weighted by atomic mass is 9.57. The summed E-state index contributed by atoms with van der Waals surface area (Å²) in [4.78, 5) is 0. The number of methoxy groups -OCH3 is 1. The van der Waals surface area contributed by atoms with Gasteiger partial charge in [-0.15, -0.1) is 0 Å². The van der Waals surface area contributed by atoms with Crippen molar-refractivity contribution < 1.29 is 4.74 Å². The lowest BCUT2D eigenvalue weighted by Gasteiger charge is -2.50. The lowest BCUT2D eigenvalue weighted by molar-refractivity contribution is -0.0759. The Kier molecular flexibility index (Phi) is 8.97. The Balaban J connectivity index is 1.27. The Morgan fingerprint density at radius 2 is 1.23 bits per heavy atom. The van der Waals surface area contributed by atoms with Crippen LogP contribution < -0.4 is 0 Å². The molecule has 13 unspecified atom stereocenters. The molecule has 4 aliphatic rings. The second kappa shape index (κ2) is 12.2. The molecule has 2 aromatic rings. The van der Waals surface area contributed by atoms with Crippen molar-refractivity contribution in [1.82, 2.24) is 0 Å². The van der Waals surface area contributed by atoms with Crippen LogP contribution in [0, 0.1) is 64.6 Å². The van der Waals surface area contributed by atoms with E-state index < -0.39 is 0 Å². The molecule has 242 valence electrons. The fourth-order valence-electron chi connectivity index (χ4n) is 11.7. The predicted octanol–water partition coefficient (Wildman–Crippen LogP) is 11.5. The average Bonchev–Trinajstić information content (AvgIpc) is 3.46. The van der Waals surface area contributed by atoms with Gasteiger partial charge < -0.3 is 4.74 Å². The van der Waals surface area contributed by atoms with Gasteiger partial charge >= 0.3 is 0 Å². The summed E-state index contributed by atoms with van der Waals surface area (Å²) < 4.78 is 6.49. The molecule has 0 aliphatic heterocycles. The third-order valence-electron chi connectivity index (χ3n) is 13.9. The first-order chi connectivity index (χ1) is 20.8. The van der Waals surface area contributed by atoms with E-state index >= 15 is 0 Å². The molecule has 13 atom stereocenters. The van der Waals surface area contributed by atoms with Crippen molar-refractivity contribution in [2.24, 2.45) is 64.6 Å². The summed E-state index contributed by atoms with van der Waals surface area (Å²) in [6.45, 7) is 22.3. The van der Waals surface area contributed by atoms with Crippen molar-refractivity contribution in [3.05, 3.63) is 71.3 Å². The van der Waals surface area contributed by atoms with E-state index in [0.29, 0.717) is 17.9 Å². The summed E-state index contributed by atoms with van der Waals surface area (Å²) in [5.74, 6) is 9.38. The van der Waals surface area contributed by atoms with Crippen molar-refractivity contribution in [1.29, 1.82) is 0 Å². The van der Waals surface area contributed by atoms with Gasteiger partial charge in [-0.05, 0) is 131 Å². The van der Waals surface area contributed by atoms with Crippen molar-refractivity contribution >= 4 is 0 Å². The van der Waals surface area contributed by atoms with E-state index in [1.165, 1.54) is 49.7 Å². The molecule has 0 radical (unpaired) electrons. The largest absolute Gasteiger partial charge is 0.381 e. The summed E-state index contributed by atoms with van der Waals surface area (Å²) in [7, 11) is 1.99. The summed E-state index contributed by atoms with van der Waals surface area (Å²) in [6, 6.07) is 21.4. The molecule has 0 aromatic heterocycles. The SMILES string of the molecule is COC1C(c2ccccc2)C2CC(C)C(CC3C(C)CC4C(c5ccc(C(C)(C)C)cc5)CC(C)CC34)C2CC1C(C)(C)C. The van der Waals surface area contributed by atoms with Crippen LogP contribution >= 0.6 is 0 Å². The fourth-order valence-corrected chi connectivity index (χ4v) is 11.7. The molecule has 4 fully saturated rings. The first-order valence-electron chi connectivity index (χ1n) is 18.5. The van der Waals surface area contributed by atoms with E-state index in [9.17, 15) is 0 Å². The van der Waals surface area contributed by atoms with E-state index in [0.717, 1.165) is 59.2 Å². The maximum atomic E-state index is 6.49. The molecule has 1 nitrogen and oxygen atoms in total. The Bertz CT molecular complexity index is 1230. The molecule has 4 aliphatic carbocycles. The van der Waals surface area contributed by atoms with Gasteiger partial charge in [0.05, 0.1) is 6.10 Å². The molecule has 0 amide bonds. The van der Waals surface area contributed by atoms with Crippen LogP contribution in [0.3, 0.4) is 0 Å². The standard InChI is InChI=1S/C43H64O/c1-26-20-34(29-16-18-31(19-17-29)42(4,5)6)36-22-27(2)32(35(36)21-26)24-33-28(3)23-38-37(33)25-39(43(7,8)9)41(44-10)40(38)30-14-12-11-13-15-30/h11-19,26-28,32-41H,20-25H2,1-10H3. The molecule has 6 rings (SSSR count). The van der Waals surface area contributed by atoms with Gasteiger partial charge in [-0.25, -0.2) is 0 Å². The summed E-state index contributed by atoms with van der Waals surface area (Å²) in [5.41, 5.74) is 5.08. The highest BCUT2D eigenvalue weighted by Crippen LogP contribution is 2.63. The Labute approximate surface area is 271 Å². The average molecular weight is 597 g/mol. The third-order valence-corrected chi connectivity index (χ3v) is 13.9. The Hall–Kier alpha value is -1.60. The van der Waals surface area contributed by atoms with Gasteiger partial charge in [-0.1, -0.05) is 117 Å². The zero-order chi connectivity index (χ0) is 31.6. The van der Waals surface area contributed by atoms with Crippen LogP contribution in [0.15, 0.2) is 54.6 Å². The van der Waals surface area contributed by atoms with Crippen LogP contribution in [0.2, 0.25) is 0 Å². The van der Waals surface area contributed by atoms with E-state index in [4.69, 9.17) is 4.74 Å². The van der Waals surface area contributed by atoms with Crippen LogP contribution in [-0.2, 0) is 10.2 Å². The predicted molar refractivity (Wildman–Crippen MR) is 187 cm³/mol. The van der Waals surface area contributed by atoms with Gasteiger partial charge in [0.1, 0.15) is 0 Å². The molecule has 0 saturated heterocycles. The molecule has 0 bridgehead atoms. The minimum absolute atomic E-state index is 0.220. The molecular weight excluding hydrogens is 532 g/mol. The first kappa shape index (κ1) is 32.3. The quantitative estimate of drug-likeness (QED) is 0.334. The minimum atomic E-state index is 0.220. The van der Waals surface area contributed by atoms with Gasteiger partial charge in [-0.3, -0.25) is 0 Å².